The van der Waals surface area contributed by atoms with Gasteiger partial charge in [0.2, 0.25) is 0 Å². The number of hydrogen-bond donors (Lipinski definition) is 1. The van der Waals surface area contributed by atoms with E-state index in [1.54, 1.807) is 12.5 Å². The number of hydrogen-bond acceptors (Lipinski definition) is 3. The third-order valence-electron chi connectivity index (χ3n) is 2.84. The molecule has 0 saturated heterocycles. The highest BCUT2D eigenvalue weighted by atomic mass is 35.5. The molecule has 1 atom stereocenters. The van der Waals surface area contributed by atoms with Crippen molar-refractivity contribution in [2.45, 2.75) is 25.1 Å². The van der Waals surface area contributed by atoms with Gasteiger partial charge < -0.3 is 9.88 Å². The molecule has 0 aromatic carbocycles. The lowest BCUT2D eigenvalue weighted by Crippen LogP contribution is -2.09. The SMILES string of the molecule is CCC(Cl)CCNc1nccc2c1ncn2C. The Morgan fingerprint density at radius 2 is 2.29 bits per heavy atom. The van der Waals surface area contributed by atoms with Crippen molar-refractivity contribution < 1.29 is 0 Å². The summed E-state index contributed by atoms with van der Waals surface area (Å²) in [5.41, 5.74) is 2.00. The monoisotopic (exact) mass is 252 g/mol. The number of aryl methyl sites for hydroxylation is 1. The summed E-state index contributed by atoms with van der Waals surface area (Å²) in [5, 5.41) is 3.52. The van der Waals surface area contributed by atoms with Crippen molar-refractivity contribution in [3.8, 4) is 0 Å². The summed E-state index contributed by atoms with van der Waals surface area (Å²) in [6, 6.07) is 1.96. The van der Waals surface area contributed by atoms with Gasteiger partial charge in [-0.25, -0.2) is 9.97 Å². The molecule has 0 amide bonds. The third-order valence-corrected chi connectivity index (χ3v) is 3.36. The fourth-order valence-corrected chi connectivity index (χ4v) is 1.85. The molecule has 0 bridgehead atoms. The molecule has 0 radical (unpaired) electrons. The molecular weight excluding hydrogens is 236 g/mol. The van der Waals surface area contributed by atoms with Crippen LogP contribution in [-0.2, 0) is 7.05 Å². The molecule has 0 spiro atoms. The highest BCUT2D eigenvalue weighted by Crippen LogP contribution is 2.18. The molecule has 2 aromatic heterocycles. The topological polar surface area (TPSA) is 42.7 Å². The zero-order valence-corrected chi connectivity index (χ0v) is 10.9. The Morgan fingerprint density at radius 3 is 3.06 bits per heavy atom. The van der Waals surface area contributed by atoms with Crippen LogP contribution in [0.4, 0.5) is 5.82 Å². The van der Waals surface area contributed by atoms with Gasteiger partial charge >= 0.3 is 0 Å². The van der Waals surface area contributed by atoms with E-state index in [0.717, 1.165) is 36.2 Å². The molecule has 2 heterocycles. The highest BCUT2D eigenvalue weighted by molar-refractivity contribution is 6.20. The third kappa shape index (κ3) is 2.69. The van der Waals surface area contributed by atoms with E-state index in [0.29, 0.717) is 0 Å². The maximum atomic E-state index is 6.07. The molecule has 1 unspecified atom stereocenters. The molecule has 4 nitrogen and oxygen atoms in total. The minimum atomic E-state index is 0.227. The number of imidazole rings is 1. The van der Waals surface area contributed by atoms with Crippen LogP contribution in [0.3, 0.4) is 0 Å². The van der Waals surface area contributed by atoms with Gasteiger partial charge in [0, 0.05) is 25.2 Å². The van der Waals surface area contributed by atoms with Crippen molar-refractivity contribution >= 4 is 28.5 Å². The molecular formula is C12H17ClN4. The first-order valence-electron chi connectivity index (χ1n) is 5.86. The summed E-state index contributed by atoms with van der Waals surface area (Å²) >= 11 is 6.07. The van der Waals surface area contributed by atoms with E-state index in [1.165, 1.54) is 0 Å². The Hall–Kier alpha value is -1.29. The normalized spacial score (nSPS) is 12.9. The van der Waals surface area contributed by atoms with Crippen molar-refractivity contribution in [1.29, 1.82) is 0 Å². The summed E-state index contributed by atoms with van der Waals surface area (Å²) in [7, 11) is 1.98. The van der Waals surface area contributed by atoms with Crippen LogP contribution in [0.5, 0.6) is 0 Å². The maximum absolute atomic E-state index is 6.07. The van der Waals surface area contributed by atoms with E-state index in [9.17, 15) is 0 Å². The van der Waals surface area contributed by atoms with Crippen LogP contribution >= 0.6 is 11.6 Å². The van der Waals surface area contributed by atoms with Gasteiger partial charge in [-0.3, -0.25) is 0 Å². The number of nitrogens with one attached hydrogen (secondary N) is 1. The van der Waals surface area contributed by atoms with Gasteiger partial charge in [0.05, 0.1) is 11.8 Å². The number of halogens is 1. The number of rotatable bonds is 5. The zero-order chi connectivity index (χ0) is 12.3. The molecule has 0 aliphatic heterocycles. The van der Waals surface area contributed by atoms with Crippen molar-refractivity contribution in [2.75, 3.05) is 11.9 Å². The van der Waals surface area contributed by atoms with Gasteiger partial charge in [0.15, 0.2) is 5.82 Å². The lowest BCUT2D eigenvalue weighted by atomic mass is 10.2. The van der Waals surface area contributed by atoms with E-state index in [2.05, 4.69) is 22.2 Å². The Morgan fingerprint density at radius 1 is 1.47 bits per heavy atom. The fraction of sp³-hybridized carbons (Fsp3) is 0.500. The van der Waals surface area contributed by atoms with Gasteiger partial charge in [-0.15, -0.1) is 11.6 Å². The van der Waals surface area contributed by atoms with Gasteiger partial charge in [-0.1, -0.05) is 6.92 Å². The minimum absolute atomic E-state index is 0.227. The first-order valence-corrected chi connectivity index (χ1v) is 6.30. The van der Waals surface area contributed by atoms with E-state index < -0.39 is 0 Å². The predicted octanol–water partition coefficient (Wildman–Crippen LogP) is 2.79. The number of nitrogens with zero attached hydrogens (tertiary/aromatic N) is 3. The van der Waals surface area contributed by atoms with Crippen molar-refractivity contribution in [2.24, 2.45) is 7.05 Å². The summed E-state index contributed by atoms with van der Waals surface area (Å²) in [6.07, 6.45) is 5.52. The van der Waals surface area contributed by atoms with Gasteiger partial charge in [0.1, 0.15) is 5.52 Å². The number of fused-ring (bicyclic) bond motifs is 1. The Labute approximate surface area is 106 Å². The second kappa shape index (κ2) is 5.36. The molecule has 0 aliphatic rings. The van der Waals surface area contributed by atoms with Crippen LogP contribution in [0.2, 0.25) is 0 Å². The van der Waals surface area contributed by atoms with Crippen LogP contribution in [0, 0.1) is 0 Å². The van der Waals surface area contributed by atoms with Crippen molar-refractivity contribution in [3.05, 3.63) is 18.6 Å². The number of aromatic nitrogens is 3. The van der Waals surface area contributed by atoms with E-state index in [4.69, 9.17) is 11.6 Å². The molecule has 2 aromatic rings. The summed E-state index contributed by atoms with van der Waals surface area (Å²) in [4.78, 5) is 8.65. The van der Waals surface area contributed by atoms with Crippen LogP contribution in [-0.4, -0.2) is 26.5 Å². The lowest BCUT2D eigenvalue weighted by molar-refractivity contribution is 0.752. The van der Waals surface area contributed by atoms with E-state index >= 15 is 0 Å². The van der Waals surface area contributed by atoms with Crippen LogP contribution in [0.15, 0.2) is 18.6 Å². The van der Waals surface area contributed by atoms with Gasteiger partial charge in [-0.2, -0.15) is 0 Å². The first-order chi connectivity index (χ1) is 8.22. The Bertz CT molecular complexity index is 494. The second-order valence-corrected chi connectivity index (χ2v) is 4.72. The van der Waals surface area contributed by atoms with Crippen LogP contribution in [0.25, 0.3) is 11.0 Å². The number of anilines is 1. The Kier molecular flexibility index (Phi) is 3.84. The van der Waals surface area contributed by atoms with Crippen LogP contribution < -0.4 is 5.32 Å². The molecule has 17 heavy (non-hydrogen) atoms. The van der Waals surface area contributed by atoms with Crippen LogP contribution in [0.1, 0.15) is 19.8 Å². The van der Waals surface area contributed by atoms with E-state index in [1.807, 2.05) is 17.7 Å². The summed E-state index contributed by atoms with van der Waals surface area (Å²) in [6.45, 7) is 2.92. The Balaban J connectivity index is 2.08. The first kappa shape index (κ1) is 12.2. The molecule has 1 N–H and O–H groups in total. The molecule has 2 rings (SSSR count). The standard InChI is InChI=1S/C12H17ClN4/c1-3-9(13)4-6-14-12-11-10(5-7-15-12)17(2)8-16-11/h5,7-9H,3-4,6H2,1-2H3,(H,14,15). The average Bonchev–Trinajstić information content (AvgIpc) is 2.72. The summed E-state index contributed by atoms with van der Waals surface area (Å²) < 4.78 is 1.98. The van der Waals surface area contributed by atoms with Crippen molar-refractivity contribution in [3.63, 3.8) is 0 Å². The fourth-order valence-electron chi connectivity index (χ4n) is 1.74. The van der Waals surface area contributed by atoms with Gasteiger partial charge in [-0.05, 0) is 18.9 Å². The zero-order valence-electron chi connectivity index (χ0n) is 10.2. The largest absolute Gasteiger partial charge is 0.368 e. The highest BCUT2D eigenvalue weighted by Gasteiger charge is 2.07. The average molecular weight is 253 g/mol. The molecule has 0 saturated carbocycles. The number of pyridine rings is 1. The molecule has 92 valence electrons. The lowest BCUT2D eigenvalue weighted by Gasteiger charge is -2.08. The van der Waals surface area contributed by atoms with Gasteiger partial charge in [0.25, 0.3) is 0 Å². The molecule has 5 heteroatoms. The molecule has 0 fully saturated rings. The van der Waals surface area contributed by atoms with E-state index in [-0.39, 0.29) is 5.38 Å². The number of alkyl halides is 1. The smallest absolute Gasteiger partial charge is 0.154 e. The summed E-state index contributed by atoms with van der Waals surface area (Å²) in [5.74, 6) is 0.836. The second-order valence-electron chi connectivity index (χ2n) is 4.10. The molecule has 0 aliphatic carbocycles. The minimum Gasteiger partial charge on any atom is -0.368 e. The van der Waals surface area contributed by atoms with Crippen molar-refractivity contribution in [1.82, 2.24) is 14.5 Å². The quantitative estimate of drug-likeness (QED) is 0.832. The maximum Gasteiger partial charge on any atom is 0.154 e. The predicted molar refractivity (Wildman–Crippen MR) is 71.5 cm³/mol.